The zero-order valence-corrected chi connectivity index (χ0v) is 21.3. The first-order valence-corrected chi connectivity index (χ1v) is 12.1. The van der Waals surface area contributed by atoms with E-state index in [-0.39, 0.29) is 11.8 Å². The molecule has 0 unspecified atom stereocenters. The quantitative estimate of drug-likeness (QED) is 0.357. The Hall–Kier alpha value is -4.85. The fourth-order valence-corrected chi connectivity index (χ4v) is 4.75. The Morgan fingerprint density at radius 2 is 1.58 bits per heavy atom. The van der Waals surface area contributed by atoms with Gasteiger partial charge in [0.05, 0.1) is 26.2 Å². The summed E-state index contributed by atoms with van der Waals surface area (Å²) in [6.45, 7) is 0. The van der Waals surface area contributed by atoms with Crippen molar-refractivity contribution in [2.45, 2.75) is 12.0 Å². The molecule has 0 aliphatic carbocycles. The number of carbonyl (C=O) groups is 2. The summed E-state index contributed by atoms with van der Waals surface area (Å²) < 4.78 is 16.8. The van der Waals surface area contributed by atoms with Crippen LogP contribution in [0.1, 0.15) is 33.4 Å². The largest absolute Gasteiger partial charge is 0.493 e. The van der Waals surface area contributed by atoms with Crippen LogP contribution in [0.25, 0.3) is 0 Å². The number of aromatic nitrogens is 1. The summed E-state index contributed by atoms with van der Waals surface area (Å²) in [5.41, 5.74) is 2.29. The molecule has 3 aromatic carbocycles. The number of hydrogen-bond donors (Lipinski definition) is 1. The normalized spacial score (nSPS) is 16.4. The van der Waals surface area contributed by atoms with E-state index in [1.165, 1.54) is 14.2 Å². The van der Waals surface area contributed by atoms with Crippen molar-refractivity contribution >= 4 is 17.5 Å². The van der Waals surface area contributed by atoms with Crippen LogP contribution in [0.5, 0.6) is 23.0 Å². The van der Waals surface area contributed by atoms with Crippen LogP contribution >= 0.6 is 0 Å². The number of amides is 2. The fraction of sp³-hybridized carbons (Fsp3) is 0.167. The average Bonchev–Trinajstić information content (AvgIpc) is 2.96. The number of likely N-dealkylation sites (N-methyl/N-ethyl adjacent to an activating group) is 1. The molecule has 8 nitrogen and oxygen atoms in total. The molecule has 2 amide bonds. The third-order valence-electron chi connectivity index (χ3n) is 6.58. The predicted octanol–water partition coefficient (Wildman–Crippen LogP) is 5.44. The van der Waals surface area contributed by atoms with Crippen LogP contribution in [0.2, 0.25) is 0 Å². The molecule has 0 fully saturated rings. The first kappa shape index (κ1) is 24.8. The van der Waals surface area contributed by atoms with Gasteiger partial charge in [-0.2, -0.15) is 0 Å². The number of benzene rings is 3. The monoisotopic (exact) mass is 509 g/mol. The molecular weight excluding hydrogens is 482 g/mol. The van der Waals surface area contributed by atoms with Gasteiger partial charge in [0.25, 0.3) is 5.91 Å². The molecule has 2 heterocycles. The van der Waals surface area contributed by atoms with E-state index in [9.17, 15) is 9.59 Å². The topological polar surface area (TPSA) is 90.0 Å². The lowest BCUT2D eigenvalue weighted by molar-refractivity contribution is -0.119. The van der Waals surface area contributed by atoms with Crippen LogP contribution < -0.4 is 19.5 Å². The second kappa shape index (κ2) is 10.6. The van der Waals surface area contributed by atoms with E-state index >= 15 is 0 Å². The molecular formula is C30H27N3O5. The van der Waals surface area contributed by atoms with Crippen molar-refractivity contribution in [3.63, 3.8) is 0 Å². The van der Waals surface area contributed by atoms with E-state index in [4.69, 9.17) is 14.2 Å². The van der Waals surface area contributed by atoms with E-state index in [1.807, 2.05) is 36.4 Å². The number of rotatable bonds is 7. The van der Waals surface area contributed by atoms with Gasteiger partial charge in [-0.25, -0.2) is 0 Å². The maximum Gasteiger partial charge on any atom is 0.254 e. The van der Waals surface area contributed by atoms with Crippen molar-refractivity contribution in [1.82, 2.24) is 9.88 Å². The minimum atomic E-state index is -0.739. The lowest BCUT2D eigenvalue weighted by Gasteiger charge is -2.39. The Labute approximate surface area is 220 Å². The molecule has 1 aliphatic heterocycles. The highest BCUT2D eigenvalue weighted by Crippen LogP contribution is 2.45. The van der Waals surface area contributed by atoms with E-state index < -0.39 is 12.0 Å². The third kappa shape index (κ3) is 4.76. The molecule has 1 aliphatic rings. The maximum absolute atomic E-state index is 13.9. The van der Waals surface area contributed by atoms with Crippen LogP contribution in [-0.4, -0.2) is 43.0 Å². The van der Waals surface area contributed by atoms with Crippen molar-refractivity contribution in [1.29, 1.82) is 0 Å². The van der Waals surface area contributed by atoms with E-state index in [0.717, 1.165) is 11.3 Å². The zero-order chi connectivity index (χ0) is 26.6. The number of ether oxygens (including phenoxy) is 3. The number of hydrogen-bond acceptors (Lipinski definition) is 6. The lowest BCUT2D eigenvalue weighted by Crippen LogP contribution is -2.44. The molecule has 0 saturated carbocycles. The van der Waals surface area contributed by atoms with Gasteiger partial charge in [0, 0.05) is 30.7 Å². The fourth-order valence-electron chi connectivity index (χ4n) is 4.75. The van der Waals surface area contributed by atoms with Crippen LogP contribution in [0, 0.1) is 0 Å². The Morgan fingerprint density at radius 1 is 0.895 bits per heavy atom. The van der Waals surface area contributed by atoms with Gasteiger partial charge in [-0.1, -0.05) is 24.3 Å². The van der Waals surface area contributed by atoms with Gasteiger partial charge < -0.3 is 24.4 Å². The van der Waals surface area contributed by atoms with Crippen molar-refractivity contribution in [2.75, 3.05) is 26.6 Å². The van der Waals surface area contributed by atoms with E-state index in [2.05, 4.69) is 10.3 Å². The molecule has 8 heteroatoms. The zero-order valence-electron chi connectivity index (χ0n) is 21.3. The van der Waals surface area contributed by atoms with Crippen molar-refractivity contribution in [2.24, 2.45) is 0 Å². The van der Waals surface area contributed by atoms with Crippen LogP contribution in [0.3, 0.4) is 0 Å². The summed E-state index contributed by atoms with van der Waals surface area (Å²) in [6, 6.07) is 23.0. The smallest absolute Gasteiger partial charge is 0.254 e. The summed E-state index contributed by atoms with van der Waals surface area (Å²) in [4.78, 5) is 33.2. The van der Waals surface area contributed by atoms with Gasteiger partial charge in [-0.3, -0.25) is 14.6 Å². The Balaban J connectivity index is 1.50. The number of methoxy groups -OCH3 is 2. The number of fused-ring (bicyclic) bond motifs is 1. The molecule has 1 N–H and O–H groups in total. The molecule has 0 saturated heterocycles. The molecule has 4 aromatic rings. The minimum absolute atomic E-state index is 0.221. The molecule has 0 bridgehead atoms. The number of carbonyl (C=O) groups excluding carboxylic acids is 2. The van der Waals surface area contributed by atoms with Crippen LogP contribution in [0.4, 0.5) is 5.69 Å². The predicted molar refractivity (Wildman–Crippen MR) is 143 cm³/mol. The van der Waals surface area contributed by atoms with Gasteiger partial charge in [-0.05, 0) is 65.7 Å². The van der Waals surface area contributed by atoms with Crippen molar-refractivity contribution in [3.05, 3.63) is 108 Å². The molecule has 5 rings (SSSR count). The highest BCUT2D eigenvalue weighted by molar-refractivity contribution is 6.04. The van der Waals surface area contributed by atoms with Crippen molar-refractivity contribution in [3.8, 4) is 23.0 Å². The summed E-state index contributed by atoms with van der Waals surface area (Å²) in [5.74, 6) is 0.989. The van der Waals surface area contributed by atoms with E-state index in [0.29, 0.717) is 34.1 Å². The Kier molecular flexibility index (Phi) is 6.95. The first-order chi connectivity index (χ1) is 18.5. The number of nitrogens with one attached hydrogen (secondary N) is 1. The second-order valence-electron chi connectivity index (χ2n) is 8.85. The standard InChI is InChI=1S/C30H27N3O5/c1-33-28(19-8-7-15-31-18-19)27(23-16-25(36-2)26(37-3)17-24(23)30(33)35)29(34)32-20-11-13-22(14-12-20)38-21-9-5-4-6-10-21/h4-18,27-28H,1-3H3,(H,32,34)/t27-,28+/m0/s1. The first-order valence-electron chi connectivity index (χ1n) is 12.1. The molecule has 192 valence electrons. The summed E-state index contributed by atoms with van der Waals surface area (Å²) in [6.07, 6.45) is 3.33. The van der Waals surface area contributed by atoms with Crippen LogP contribution in [0.15, 0.2) is 91.3 Å². The summed E-state index contributed by atoms with van der Waals surface area (Å²) >= 11 is 0. The molecule has 0 spiro atoms. The maximum atomic E-state index is 13.9. The van der Waals surface area contributed by atoms with Gasteiger partial charge in [-0.15, -0.1) is 0 Å². The Morgan fingerprint density at radius 3 is 2.24 bits per heavy atom. The SMILES string of the molecule is COc1cc2c(cc1OC)[C@H](C(=O)Nc1ccc(Oc3ccccc3)cc1)[C@@H](c1cccnc1)N(C)C2=O. The second-order valence-corrected chi connectivity index (χ2v) is 8.85. The minimum Gasteiger partial charge on any atom is -0.493 e. The van der Waals surface area contributed by atoms with E-state index in [1.54, 1.807) is 66.8 Å². The number of pyridine rings is 1. The summed E-state index contributed by atoms with van der Waals surface area (Å²) in [7, 11) is 4.72. The average molecular weight is 510 g/mol. The molecule has 0 radical (unpaired) electrons. The molecule has 1 aromatic heterocycles. The van der Waals surface area contributed by atoms with Gasteiger partial charge >= 0.3 is 0 Å². The van der Waals surface area contributed by atoms with Gasteiger partial charge in [0.2, 0.25) is 5.91 Å². The highest BCUT2D eigenvalue weighted by atomic mass is 16.5. The highest BCUT2D eigenvalue weighted by Gasteiger charge is 2.43. The van der Waals surface area contributed by atoms with Gasteiger partial charge in [0.1, 0.15) is 11.5 Å². The van der Waals surface area contributed by atoms with Crippen LogP contribution in [-0.2, 0) is 4.79 Å². The summed E-state index contributed by atoms with van der Waals surface area (Å²) in [5, 5.41) is 3.02. The molecule has 38 heavy (non-hydrogen) atoms. The van der Waals surface area contributed by atoms with Crippen molar-refractivity contribution < 1.29 is 23.8 Å². The van der Waals surface area contributed by atoms with Gasteiger partial charge in [0.15, 0.2) is 11.5 Å². The molecule has 2 atom stereocenters. The Bertz CT molecular complexity index is 1440. The number of para-hydroxylation sites is 1. The number of nitrogens with zero attached hydrogens (tertiary/aromatic N) is 2. The number of anilines is 1. The third-order valence-corrected chi connectivity index (χ3v) is 6.58. The lowest BCUT2D eigenvalue weighted by atomic mass is 9.79.